The van der Waals surface area contributed by atoms with E-state index < -0.39 is 0 Å². The summed E-state index contributed by atoms with van der Waals surface area (Å²) in [5.74, 6) is 0. The minimum absolute atomic E-state index is 1.12. The molecule has 0 atom stereocenters. The Morgan fingerprint density at radius 2 is 2.23 bits per heavy atom. The van der Waals surface area contributed by atoms with Crippen molar-refractivity contribution in [2.24, 2.45) is 4.99 Å². The first kappa shape index (κ1) is 8.24. The molecule has 0 unspecified atom stereocenters. The Balaban J connectivity index is 2.10. The van der Waals surface area contributed by atoms with E-state index >= 15 is 0 Å². The molecule has 1 nitrogen and oxygen atoms in total. The van der Waals surface area contributed by atoms with E-state index in [-0.39, 0.29) is 0 Å². The quantitative estimate of drug-likeness (QED) is 0.566. The van der Waals surface area contributed by atoms with Gasteiger partial charge in [0.25, 0.3) is 0 Å². The highest BCUT2D eigenvalue weighted by atomic mass is 14.7. The molecule has 0 aromatic heterocycles. The summed E-state index contributed by atoms with van der Waals surface area (Å²) in [5, 5.41) is 0. The van der Waals surface area contributed by atoms with Crippen molar-refractivity contribution in [3.05, 3.63) is 48.2 Å². The number of hydrogen-bond acceptors (Lipinski definition) is 1. The number of aliphatic imine (C=N–C) groups is 1. The van der Waals surface area contributed by atoms with E-state index in [9.17, 15) is 0 Å². The van der Waals surface area contributed by atoms with Crippen LogP contribution in [0.5, 0.6) is 0 Å². The topological polar surface area (TPSA) is 12.4 Å². The average molecular weight is 171 g/mol. The lowest BCUT2D eigenvalue weighted by molar-refractivity contribution is 0.826. The van der Waals surface area contributed by atoms with Gasteiger partial charge in [-0.1, -0.05) is 24.8 Å². The summed E-state index contributed by atoms with van der Waals surface area (Å²) in [6.45, 7) is 3.61. The molecule has 0 bridgehead atoms. The molecule has 0 heterocycles. The zero-order valence-corrected chi connectivity index (χ0v) is 7.66. The molecule has 0 radical (unpaired) electrons. The van der Waals surface area contributed by atoms with Crippen molar-refractivity contribution in [3.63, 3.8) is 0 Å². The molecule has 66 valence electrons. The first-order valence-corrected chi connectivity index (χ1v) is 4.67. The second kappa shape index (κ2) is 3.56. The maximum Gasteiger partial charge on any atom is 0.0478 e. The van der Waals surface area contributed by atoms with Crippen molar-refractivity contribution in [2.45, 2.75) is 19.3 Å². The first-order valence-electron chi connectivity index (χ1n) is 4.67. The first-order chi connectivity index (χ1) is 6.42. The van der Waals surface area contributed by atoms with E-state index in [0.717, 1.165) is 6.42 Å². The van der Waals surface area contributed by atoms with E-state index in [0.29, 0.717) is 0 Å². The van der Waals surface area contributed by atoms with Crippen molar-refractivity contribution < 1.29 is 0 Å². The Bertz CT molecular complexity index is 340. The van der Waals surface area contributed by atoms with Gasteiger partial charge in [-0.2, -0.15) is 0 Å². The van der Waals surface area contributed by atoms with Crippen LogP contribution in [0.4, 0.5) is 0 Å². The van der Waals surface area contributed by atoms with Crippen LogP contribution in [-0.4, -0.2) is 5.71 Å². The average Bonchev–Trinajstić information content (AvgIpc) is 2.08. The SMILES string of the molecule is C=C/C=C\N=C1/CCCC2=CC=C21. The molecule has 1 saturated carbocycles. The Labute approximate surface area is 78.9 Å². The molecule has 2 aliphatic rings. The normalized spacial score (nSPS) is 23.5. The minimum atomic E-state index is 1.12. The molecule has 0 saturated heterocycles. The fraction of sp³-hybridized carbons (Fsp3) is 0.250. The molecular weight excluding hydrogens is 158 g/mol. The van der Waals surface area contributed by atoms with E-state index in [2.05, 4.69) is 23.7 Å². The molecule has 0 aromatic carbocycles. The molecule has 0 spiro atoms. The van der Waals surface area contributed by atoms with Crippen LogP contribution < -0.4 is 0 Å². The van der Waals surface area contributed by atoms with E-state index in [1.165, 1.54) is 29.7 Å². The van der Waals surface area contributed by atoms with Crippen molar-refractivity contribution in [3.8, 4) is 0 Å². The largest absolute Gasteiger partial charge is 0.261 e. The van der Waals surface area contributed by atoms with E-state index in [1.54, 1.807) is 6.08 Å². The van der Waals surface area contributed by atoms with Crippen LogP contribution in [0.2, 0.25) is 0 Å². The van der Waals surface area contributed by atoms with Gasteiger partial charge in [-0.05, 0) is 36.5 Å². The molecule has 0 aliphatic heterocycles. The number of fused-ring (bicyclic) bond motifs is 1. The Morgan fingerprint density at radius 1 is 1.31 bits per heavy atom. The Morgan fingerprint density at radius 3 is 2.92 bits per heavy atom. The van der Waals surface area contributed by atoms with Gasteiger partial charge in [-0.3, -0.25) is 4.99 Å². The predicted molar refractivity (Wildman–Crippen MR) is 56.8 cm³/mol. The fourth-order valence-corrected chi connectivity index (χ4v) is 1.69. The van der Waals surface area contributed by atoms with Gasteiger partial charge in [0.1, 0.15) is 0 Å². The van der Waals surface area contributed by atoms with Gasteiger partial charge in [0.05, 0.1) is 0 Å². The van der Waals surface area contributed by atoms with Gasteiger partial charge < -0.3 is 0 Å². The summed E-state index contributed by atoms with van der Waals surface area (Å²) in [7, 11) is 0. The van der Waals surface area contributed by atoms with E-state index in [4.69, 9.17) is 0 Å². The standard InChI is InChI=1S/C12H13N/c1-2-3-9-13-12-6-4-5-10-7-8-11(10)12/h2-3,7-9H,1,4-6H2/b9-3-,13-12+. The summed E-state index contributed by atoms with van der Waals surface area (Å²) in [5.41, 5.74) is 4.10. The van der Waals surface area contributed by atoms with Crippen molar-refractivity contribution in [1.29, 1.82) is 0 Å². The highest BCUT2D eigenvalue weighted by Crippen LogP contribution is 2.32. The van der Waals surface area contributed by atoms with Crippen molar-refractivity contribution >= 4 is 5.71 Å². The molecule has 1 fully saturated rings. The zero-order valence-electron chi connectivity index (χ0n) is 7.66. The zero-order chi connectivity index (χ0) is 9.10. The van der Waals surface area contributed by atoms with Crippen LogP contribution in [0.1, 0.15) is 19.3 Å². The van der Waals surface area contributed by atoms with Crippen LogP contribution in [-0.2, 0) is 0 Å². The Hall–Kier alpha value is -1.37. The lowest BCUT2D eigenvalue weighted by atomic mass is 9.82. The van der Waals surface area contributed by atoms with Gasteiger partial charge in [0.2, 0.25) is 0 Å². The third kappa shape index (κ3) is 1.55. The smallest absolute Gasteiger partial charge is 0.0478 e. The summed E-state index contributed by atoms with van der Waals surface area (Å²) < 4.78 is 0. The van der Waals surface area contributed by atoms with E-state index in [1.807, 2.05) is 12.3 Å². The van der Waals surface area contributed by atoms with Gasteiger partial charge in [-0.15, -0.1) is 0 Å². The maximum absolute atomic E-state index is 4.41. The fourth-order valence-electron chi connectivity index (χ4n) is 1.69. The minimum Gasteiger partial charge on any atom is -0.261 e. The lowest BCUT2D eigenvalue weighted by Crippen LogP contribution is -2.15. The molecule has 1 heteroatoms. The van der Waals surface area contributed by atoms with Crippen molar-refractivity contribution in [1.82, 2.24) is 0 Å². The number of hydrogen-bond donors (Lipinski definition) is 0. The van der Waals surface area contributed by atoms with Gasteiger partial charge in [0.15, 0.2) is 0 Å². The monoisotopic (exact) mass is 171 g/mol. The lowest BCUT2D eigenvalue weighted by Gasteiger charge is -2.24. The number of rotatable bonds is 2. The van der Waals surface area contributed by atoms with Crippen molar-refractivity contribution in [2.75, 3.05) is 0 Å². The van der Waals surface area contributed by atoms with Crippen LogP contribution in [0.25, 0.3) is 0 Å². The molecule has 0 aromatic rings. The van der Waals surface area contributed by atoms with Crippen LogP contribution in [0.15, 0.2) is 53.2 Å². The number of nitrogens with zero attached hydrogens (tertiary/aromatic N) is 1. The highest BCUT2D eigenvalue weighted by Gasteiger charge is 2.20. The highest BCUT2D eigenvalue weighted by molar-refractivity contribution is 6.07. The van der Waals surface area contributed by atoms with Gasteiger partial charge in [-0.25, -0.2) is 0 Å². The summed E-state index contributed by atoms with van der Waals surface area (Å²) in [4.78, 5) is 4.41. The number of allylic oxidation sites excluding steroid dienone is 6. The molecule has 2 aliphatic carbocycles. The predicted octanol–water partition coefficient (Wildman–Crippen LogP) is 3.18. The van der Waals surface area contributed by atoms with Crippen LogP contribution in [0.3, 0.4) is 0 Å². The van der Waals surface area contributed by atoms with Crippen LogP contribution >= 0.6 is 0 Å². The second-order valence-electron chi connectivity index (χ2n) is 3.28. The molecule has 2 rings (SSSR count). The van der Waals surface area contributed by atoms with Gasteiger partial charge >= 0.3 is 0 Å². The third-order valence-corrected chi connectivity index (χ3v) is 2.42. The van der Waals surface area contributed by atoms with Crippen LogP contribution in [0, 0.1) is 0 Å². The second-order valence-corrected chi connectivity index (χ2v) is 3.28. The maximum atomic E-state index is 4.41. The summed E-state index contributed by atoms with van der Waals surface area (Å²) >= 11 is 0. The molecule has 0 N–H and O–H groups in total. The molecule has 0 amide bonds. The Kier molecular flexibility index (Phi) is 2.26. The summed E-state index contributed by atoms with van der Waals surface area (Å²) in [6.07, 6.45) is 13.4. The third-order valence-electron chi connectivity index (χ3n) is 2.42. The van der Waals surface area contributed by atoms with Gasteiger partial charge in [0, 0.05) is 11.9 Å². The molecule has 13 heavy (non-hydrogen) atoms. The molecular formula is C12H13N. The summed E-state index contributed by atoms with van der Waals surface area (Å²) in [6, 6.07) is 0.